The van der Waals surface area contributed by atoms with E-state index in [1.807, 2.05) is 26.0 Å². The lowest BCUT2D eigenvalue weighted by molar-refractivity contribution is 0.463. The van der Waals surface area contributed by atoms with Gasteiger partial charge in [0.15, 0.2) is 5.96 Å². The van der Waals surface area contributed by atoms with E-state index in [1.165, 1.54) is 6.07 Å². The highest BCUT2D eigenvalue weighted by molar-refractivity contribution is 14.0. The van der Waals surface area contributed by atoms with Crippen molar-refractivity contribution >= 4 is 29.9 Å². The zero-order valence-corrected chi connectivity index (χ0v) is 16.3. The number of aromatic nitrogens is 1. The zero-order chi connectivity index (χ0) is 16.4. The molecule has 1 aromatic heterocycles. The van der Waals surface area contributed by atoms with Crippen molar-refractivity contribution in [1.29, 1.82) is 0 Å². The van der Waals surface area contributed by atoms with Gasteiger partial charge in [0, 0.05) is 19.0 Å². The van der Waals surface area contributed by atoms with E-state index in [1.54, 1.807) is 13.1 Å². The van der Waals surface area contributed by atoms with Gasteiger partial charge in [-0.1, -0.05) is 18.2 Å². The van der Waals surface area contributed by atoms with Crippen molar-refractivity contribution in [1.82, 2.24) is 15.6 Å². The second kappa shape index (κ2) is 7.96. The van der Waals surface area contributed by atoms with Crippen molar-refractivity contribution in [2.75, 3.05) is 7.05 Å². The third-order valence-electron chi connectivity index (χ3n) is 4.12. The van der Waals surface area contributed by atoms with Crippen molar-refractivity contribution in [3.05, 3.63) is 53.0 Å². The maximum atomic E-state index is 13.8. The molecule has 24 heavy (non-hydrogen) atoms. The van der Waals surface area contributed by atoms with Crippen LogP contribution in [0.25, 0.3) is 0 Å². The molecule has 0 saturated heterocycles. The van der Waals surface area contributed by atoms with Gasteiger partial charge >= 0.3 is 0 Å². The second-order valence-corrected chi connectivity index (χ2v) is 5.79. The number of guanidine groups is 1. The van der Waals surface area contributed by atoms with Crippen molar-refractivity contribution < 1.29 is 8.81 Å². The van der Waals surface area contributed by atoms with Crippen molar-refractivity contribution in [2.45, 2.75) is 38.8 Å². The topological polar surface area (TPSA) is 62.5 Å². The van der Waals surface area contributed by atoms with E-state index in [9.17, 15) is 4.39 Å². The second-order valence-electron chi connectivity index (χ2n) is 5.79. The summed E-state index contributed by atoms with van der Waals surface area (Å²) < 4.78 is 19.3. The van der Waals surface area contributed by atoms with E-state index in [-0.39, 0.29) is 41.8 Å². The predicted octanol–water partition coefficient (Wildman–Crippen LogP) is 3.27. The fourth-order valence-corrected chi connectivity index (χ4v) is 2.62. The molecule has 1 aromatic carbocycles. The molecule has 2 aromatic rings. The molecule has 0 amide bonds. The number of hydrogen-bond acceptors (Lipinski definition) is 3. The summed E-state index contributed by atoms with van der Waals surface area (Å²) in [6.07, 6.45) is 0.902. The van der Waals surface area contributed by atoms with Gasteiger partial charge in [0.05, 0.1) is 12.2 Å². The van der Waals surface area contributed by atoms with Crippen LogP contribution in [0, 0.1) is 19.7 Å². The maximum Gasteiger partial charge on any atom is 0.214 e. The monoisotopic (exact) mass is 444 g/mol. The lowest BCUT2D eigenvalue weighted by Gasteiger charge is -2.10. The average Bonchev–Trinajstić information content (AvgIpc) is 3.22. The van der Waals surface area contributed by atoms with Crippen molar-refractivity contribution in [2.24, 2.45) is 4.99 Å². The van der Waals surface area contributed by atoms with E-state index in [0.717, 1.165) is 23.4 Å². The van der Waals surface area contributed by atoms with Crippen LogP contribution in [0.5, 0.6) is 0 Å². The first-order valence-electron chi connectivity index (χ1n) is 7.73. The Morgan fingerprint density at radius 3 is 2.75 bits per heavy atom. The first-order valence-corrected chi connectivity index (χ1v) is 7.73. The molecule has 2 N–H and O–H groups in total. The quantitative estimate of drug-likeness (QED) is 0.432. The van der Waals surface area contributed by atoms with Crippen molar-refractivity contribution in [3.63, 3.8) is 0 Å². The first kappa shape index (κ1) is 18.7. The highest BCUT2D eigenvalue weighted by Crippen LogP contribution is 2.41. The normalized spacial score (nSPS) is 19.6. The number of benzene rings is 1. The summed E-state index contributed by atoms with van der Waals surface area (Å²) in [5, 5.41) is 6.48. The summed E-state index contributed by atoms with van der Waals surface area (Å²) in [5.41, 5.74) is 1.66. The Hall–Kier alpha value is -1.64. The molecule has 1 fully saturated rings. The minimum Gasteiger partial charge on any atom is -0.444 e. The van der Waals surface area contributed by atoms with Crippen molar-refractivity contribution in [3.8, 4) is 0 Å². The van der Waals surface area contributed by atoms with Gasteiger partial charge in [-0.15, -0.1) is 24.0 Å². The van der Waals surface area contributed by atoms with Crippen LogP contribution in [0.1, 0.15) is 35.2 Å². The smallest absolute Gasteiger partial charge is 0.214 e. The minimum absolute atomic E-state index is 0. The van der Waals surface area contributed by atoms with Crippen LogP contribution in [0.2, 0.25) is 0 Å². The Balaban J connectivity index is 0.00000208. The van der Waals surface area contributed by atoms with Gasteiger partial charge in [-0.25, -0.2) is 9.37 Å². The van der Waals surface area contributed by atoms with Crippen LogP contribution in [0.3, 0.4) is 0 Å². The van der Waals surface area contributed by atoms with Gasteiger partial charge in [0.25, 0.3) is 0 Å². The molecule has 5 nitrogen and oxygen atoms in total. The van der Waals surface area contributed by atoms with E-state index in [2.05, 4.69) is 20.6 Å². The van der Waals surface area contributed by atoms with E-state index in [4.69, 9.17) is 4.42 Å². The summed E-state index contributed by atoms with van der Waals surface area (Å²) >= 11 is 0. The fourth-order valence-electron chi connectivity index (χ4n) is 2.62. The molecular formula is C17H22FIN4O. The Bertz CT molecular complexity index is 712. The first-order chi connectivity index (χ1) is 11.1. The number of hydrogen-bond donors (Lipinski definition) is 2. The largest absolute Gasteiger partial charge is 0.444 e. The number of oxazole rings is 1. The standard InChI is InChI=1S/C17H21FN4O.HI/c1-10-11(2)23-16(21-10)9-20-17(19-3)22-15-8-13(15)12-6-4-5-7-14(12)18;/h4-7,13,15H,8-9H2,1-3H3,(H2,19,20,22);1H. The van der Waals surface area contributed by atoms with Gasteiger partial charge in [0.1, 0.15) is 11.6 Å². The lowest BCUT2D eigenvalue weighted by atomic mass is 10.1. The van der Waals surface area contributed by atoms with Crippen LogP contribution in [0.4, 0.5) is 4.39 Å². The Kier molecular flexibility index (Phi) is 6.20. The molecule has 3 rings (SSSR count). The van der Waals surface area contributed by atoms with Crippen LogP contribution in [-0.2, 0) is 6.54 Å². The van der Waals surface area contributed by atoms with Crippen LogP contribution >= 0.6 is 24.0 Å². The Labute approximate surface area is 158 Å². The number of nitrogens with one attached hydrogen (secondary N) is 2. The SMILES string of the molecule is CN=C(NCc1nc(C)c(C)o1)NC1CC1c1ccccc1F.I. The summed E-state index contributed by atoms with van der Waals surface area (Å²) in [4.78, 5) is 8.52. The summed E-state index contributed by atoms with van der Waals surface area (Å²) in [7, 11) is 1.71. The number of nitrogens with zero attached hydrogens (tertiary/aromatic N) is 2. The molecule has 7 heteroatoms. The Morgan fingerprint density at radius 1 is 1.38 bits per heavy atom. The molecule has 2 atom stereocenters. The van der Waals surface area contributed by atoms with E-state index < -0.39 is 0 Å². The van der Waals surface area contributed by atoms with Gasteiger partial charge in [-0.05, 0) is 31.9 Å². The molecule has 0 aliphatic heterocycles. The summed E-state index contributed by atoms with van der Waals surface area (Å²) in [6, 6.07) is 7.13. The number of aliphatic imine (C=N–C) groups is 1. The Morgan fingerprint density at radius 2 is 2.12 bits per heavy atom. The highest BCUT2D eigenvalue weighted by Gasteiger charge is 2.40. The van der Waals surface area contributed by atoms with E-state index >= 15 is 0 Å². The van der Waals surface area contributed by atoms with E-state index in [0.29, 0.717) is 18.4 Å². The summed E-state index contributed by atoms with van der Waals surface area (Å²) in [5.74, 6) is 2.18. The predicted molar refractivity (Wildman–Crippen MR) is 102 cm³/mol. The van der Waals surface area contributed by atoms with Gasteiger partial charge in [0.2, 0.25) is 5.89 Å². The average molecular weight is 444 g/mol. The molecule has 0 radical (unpaired) electrons. The molecule has 0 spiro atoms. The lowest BCUT2D eigenvalue weighted by Crippen LogP contribution is -2.38. The summed E-state index contributed by atoms with van der Waals surface area (Å²) in [6.45, 7) is 4.27. The third kappa shape index (κ3) is 4.25. The molecule has 2 unspecified atom stereocenters. The maximum absolute atomic E-state index is 13.8. The van der Waals surface area contributed by atoms with Crippen LogP contribution < -0.4 is 10.6 Å². The minimum atomic E-state index is -0.143. The number of aryl methyl sites for hydroxylation is 2. The van der Waals surface area contributed by atoms with Gasteiger partial charge in [-0.2, -0.15) is 0 Å². The molecular weight excluding hydrogens is 422 g/mol. The van der Waals surface area contributed by atoms with Gasteiger partial charge < -0.3 is 15.1 Å². The van der Waals surface area contributed by atoms with Gasteiger partial charge in [-0.3, -0.25) is 4.99 Å². The number of rotatable bonds is 4. The molecule has 1 aliphatic carbocycles. The fraction of sp³-hybridized carbons (Fsp3) is 0.412. The molecule has 1 aliphatic rings. The zero-order valence-electron chi connectivity index (χ0n) is 14.0. The molecule has 1 heterocycles. The number of halogens is 2. The molecule has 130 valence electrons. The molecule has 0 bridgehead atoms. The highest BCUT2D eigenvalue weighted by atomic mass is 127. The van der Waals surface area contributed by atoms with Crippen LogP contribution in [-0.4, -0.2) is 24.0 Å². The molecule has 1 saturated carbocycles. The third-order valence-corrected chi connectivity index (χ3v) is 4.12. The van der Waals surface area contributed by atoms with Crippen LogP contribution in [0.15, 0.2) is 33.7 Å².